The highest BCUT2D eigenvalue weighted by molar-refractivity contribution is 8.13. The van der Waals surface area contributed by atoms with Crippen molar-refractivity contribution in [2.24, 2.45) is 5.92 Å². The van der Waals surface area contributed by atoms with E-state index in [-0.39, 0.29) is 0 Å². The van der Waals surface area contributed by atoms with Crippen LogP contribution in [0.15, 0.2) is 0 Å². The highest BCUT2D eigenvalue weighted by atomic mass is 32.2. The van der Waals surface area contributed by atoms with Crippen molar-refractivity contribution in [1.29, 1.82) is 0 Å². The topological polar surface area (TPSA) is 56.8 Å². The van der Waals surface area contributed by atoms with Crippen molar-refractivity contribution >= 4 is 25.7 Å². The van der Waals surface area contributed by atoms with Crippen LogP contribution in [0.5, 0.6) is 0 Å². The summed E-state index contributed by atoms with van der Waals surface area (Å²) in [5.41, 5.74) is 3.10. The van der Waals surface area contributed by atoms with E-state index >= 15 is 0 Å². The first-order valence-electron chi connectivity index (χ1n) is 10.5. The summed E-state index contributed by atoms with van der Waals surface area (Å²) in [6, 6.07) is 0.765. The molecule has 0 saturated carbocycles. The molecule has 1 aliphatic heterocycles. The lowest BCUT2D eigenvalue weighted by molar-refractivity contribution is -0.111. The average Bonchev–Trinajstić information content (AvgIpc) is 2.62. The van der Waals surface area contributed by atoms with E-state index in [9.17, 15) is 4.79 Å². The van der Waals surface area contributed by atoms with Crippen LogP contribution in [-0.4, -0.2) is 39.4 Å². The Balaban J connectivity index is 2.25. The quantitative estimate of drug-likeness (QED) is 0.346. The highest BCUT2D eigenvalue weighted by Gasteiger charge is 2.42. The first kappa shape index (κ1) is 24.1. The Morgan fingerprint density at radius 2 is 2.00 bits per heavy atom. The lowest BCUT2D eigenvalue weighted by atomic mass is 10.0. The van der Waals surface area contributed by atoms with E-state index in [4.69, 9.17) is 13.4 Å². The Morgan fingerprint density at radius 1 is 1.19 bits per heavy atom. The maximum absolute atomic E-state index is 12.0. The van der Waals surface area contributed by atoms with E-state index in [0.717, 1.165) is 44.0 Å². The van der Waals surface area contributed by atoms with Crippen molar-refractivity contribution in [2.45, 2.75) is 84.6 Å². The molecule has 0 aromatic carbocycles. The number of carbonyl (C=O) groups is 1. The molecule has 0 amide bonds. The molecule has 2 atom stereocenters. The second-order valence-corrected chi connectivity index (χ2v) is 10.8. The van der Waals surface area contributed by atoms with Crippen molar-refractivity contribution in [1.82, 2.24) is 5.48 Å². The minimum Gasteiger partial charge on any atom is -0.373 e. The fourth-order valence-electron chi connectivity index (χ4n) is 3.04. The third-order valence-electron chi connectivity index (χ3n) is 4.76. The molecule has 5 nitrogen and oxygen atoms in total. The van der Waals surface area contributed by atoms with Crippen LogP contribution in [0, 0.1) is 5.92 Å². The van der Waals surface area contributed by atoms with Crippen LogP contribution in [0.2, 0.25) is 6.04 Å². The standard InChI is InChI=1S/C19H39NO4SSi/c1-4-7-8-9-10-12-19(21)25-15-11-16-26(22-6-3)23-14-13-18(5-2)17-20-24-26/h18,20H,4-17H2,1-3H3. The predicted molar refractivity (Wildman–Crippen MR) is 111 cm³/mol. The van der Waals surface area contributed by atoms with Crippen molar-refractivity contribution in [3.05, 3.63) is 0 Å². The molecule has 0 aromatic heterocycles. The molecule has 0 aliphatic carbocycles. The number of thioether (sulfide) groups is 1. The molecule has 7 heteroatoms. The van der Waals surface area contributed by atoms with Gasteiger partial charge in [-0.2, -0.15) is 0 Å². The van der Waals surface area contributed by atoms with Gasteiger partial charge in [0.25, 0.3) is 0 Å². The first-order chi connectivity index (χ1) is 12.7. The third-order valence-corrected chi connectivity index (χ3v) is 8.58. The largest absolute Gasteiger partial charge is 0.517 e. The van der Waals surface area contributed by atoms with Crippen LogP contribution in [0.25, 0.3) is 0 Å². The number of unbranched alkanes of at least 4 members (excludes halogenated alkanes) is 4. The van der Waals surface area contributed by atoms with Crippen molar-refractivity contribution in [2.75, 3.05) is 25.5 Å². The molecule has 1 N–H and O–H groups in total. The third kappa shape index (κ3) is 10.4. The zero-order chi connectivity index (χ0) is 19.1. The van der Waals surface area contributed by atoms with Gasteiger partial charge in [-0.3, -0.25) is 9.32 Å². The number of nitrogens with one attached hydrogen (secondary N) is 1. The normalized spacial score (nSPS) is 24.2. The van der Waals surface area contributed by atoms with Gasteiger partial charge >= 0.3 is 8.80 Å². The zero-order valence-electron chi connectivity index (χ0n) is 17.0. The van der Waals surface area contributed by atoms with Crippen molar-refractivity contribution in [3.63, 3.8) is 0 Å². The molecule has 1 rings (SSSR count). The molecule has 0 spiro atoms. The van der Waals surface area contributed by atoms with Gasteiger partial charge in [0.2, 0.25) is 0 Å². The summed E-state index contributed by atoms with van der Waals surface area (Å²) in [7, 11) is -2.66. The summed E-state index contributed by atoms with van der Waals surface area (Å²) in [6.07, 6.45) is 9.72. The fraction of sp³-hybridized carbons (Fsp3) is 0.947. The lowest BCUT2D eigenvalue weighted by Gasteiger charge is -2.32. The number of hydroxylamine groups is 1. The Labute approximate surface area is 165 Å². The second-order valence-electron chi connectivity index (χ2n) is 6.97. The monoisotopic (exact) mass is 405 g/mol. The molecule has 1 saturated heterocycles. The fourth-order valence-corrected chi connectivity index (χ4v) is 6.47. The van der Waals surface area contributed by atoms with Crippen LogP contribution in [-0.2, 0) is 18.2 Å². The summed E-state index contributed by atoms with van der Waals surface area (Å²) in [6.45, 7) is 8.53. The molecule has 0 radical (unpaired) electrons. The molecule has 2 unspecified atom stereocenters. The zero-order valence-corrected chi connectivity index (χ0v) is 18.8. The number of carbonyl (C=O) groups excluding carboxylic acids is 1. The van der Waals surface area contributed by atoms with E-state index in [2.05, 4.69) is 19.3 Å². The first-order valence-corrected chi connectivity index (χ1v) is 13.4. The molecular weight excluding hydrogens is 366 g/mol. The predicted octanol–water partition coefficient (Wildman–Crippen LogP) is 4.94. The van der Waals surface area contributed by atoms with Gasteiger partial charge in [0.15, 0.2) is 5.12 Å². The van der Waals surface area contributed by atoms with Crippen molar-refractivity contribution < 1.29 is 18.2 Å². The van der Waals surface area contributed by atoms with Gasteiger partial charge in [0, 0.05) is 38.0 Å². The Hall–Kier alpha value is 0.0769. The smallest absolute Gasteiger partial charge is 0.373 e. The summed E-state index contributed by atoms with van der Waals surface area (Å²) in [5.74, 6) is 1.41. The summed E-state index contributed by atoms with van der Waals surface area (Å²) >= 11 is 1.46. The number of rotatable bonds is 13. The minimum atomic E-state index is -2.66. The molecule has 154 valence electrons. The Kier molecular flexibility index (Phi) is 14.0. The molecule has 0 aromatic rings. The van der Waals surface area contributed by atoms with Crippen LogP contribution in [0.4, 0.5) is 0 Å². The molecule has 26 heavy (non-hydrogen) atoms. The molecule has 1 heterocycles. The Morgan fingerprint density at radius 3 is 2.73 bits per heavy atom. The molecular formula is C19H39NO4SSi. The van der Waals surface area contributed by atoms with Gasteiger partial charge in [-0.05, 0) is 32.1 Å². The minimum absolute atomic E-state index is 0.317. The van der Waals surface area contributed by atoms with Crippen LogP contribution in [0.1, 0.15) is 78.6 Å². The van der Waals surface area contributed by atoms with E-state index in [1.54, 1.807) is 0 Å². The highest BCUT2D eigenvalue weighted by Crippen LogP contribution is 2.23. The van der Waals surface area contributed by atoms with Crippen LogP contribution in [0.3, 0.4) is 0 Å². The average molecular weight is 406 g/mol. The summed E-state index contributed by atoms with van der Waals surface area (Å²) < 4.78 is 17.9. The van der Waals surface area contributed by atoms with Gasteiger partial charge in [-0.1, -0.05) is 57.7 Å². The van der Waals surface area contributed by atoms with E-state index in [0.29, 0.717) is 30.7 Å². The summed E-state index contributed by atoms with van der Waals surface area (Å²) in [4.78, 5) is 12.0. The molecule has 1 aliphatic rings. The van der Waals surface area contributed by atoms with E-state index < -0.39 is 8.80 Å². The van der Waals surface area contributed by atoms with Gasteiger partial charge in [0.05, 0.1) is 0 Å². The van der Waals surface area contributed by atoms with E-state index in [1.165, 1.54) is 37.4 Å². The van der Waals surface area contributed by atoms with Gasteiger partial charge in [-0.25, -0.2) is 5.48 Å². The second kappa shape index (κ2) is 15.1. The van der Waals surface area contributed by atoms with Crippen LogP contribution < -0.4 is 5.48 Å². The Bertz CT molecular complexity index is 363. The summed E-state index contributed by atoms with van der Waals surface area (Å²) in [5, 5.41) is 0.317. The molecule has 0 bridgehead atoms. The van der Waals surface area contributed by atoms with E-state index in [1.807, 2.05) is 6.92 Å². The van der Waals surface area contributed by atoms with Gasteiger partial charge in [0.1, 0.15) is 0 Å². The van der Waals surface area contributed by atoms with Gasteiger partial charge < -0.3 is 8.85 Å². The van der Waals surface area contributed by atoms with Gasteiger partial charge in [-0.15, -0.1) is 0 Å². The SMILES string of the molecule is CCCCCCCC(=O)SCCC[Si]1(OCC)OCCC(CC)CNO1. The van der Waals surface area contributed by atoms with Crippen molar-refractivity contribution in [3.8, 4) is 0 Å². The number of hydrogen-bond donors (Lipinski definition) is 1. The molecule has 1 fully saturated rings. The maximum atomic E-state index is 12.0. The number of hydrogen-bond acceptors (Lipinski definition) is 6. The van der Waals surface area contributed by atoms with Crippen LogP contribution >= 0.6 is 11.8 Å². The lowest BCUT2D eigenvalue weighted by Crippen LogP contribution is -2.52. The maximum Gasteiger partial charge on any atom is 0.517 e.